The van der Waals surface area contributed by atoms with Gasteiger partial charge in [0, 0.05) is 0 Å². The first kappa shape index (κ1) is 8.66. The van der Waals surface area contributed by atoms with Crippen molar-refractivity contribution in [2.45, 2.75) is 0 Å². The molecule has 0 radical (unpaired) electrons. The molecule has 0 rings (SSSR count). The predicted molar refractivity (Wildman–Crippen MR) is 41.7 cm³/mol. The minimum Gasteiger partial charge on any atom is -0.292 e. The van der Waals surface area contributed by atoms with Crippen molar-refractivity contribution in [3.05, 3.63) is 9.47 Å². The lowest BCUT2D eigenvalue weighted by Crippen LogP contribution is -1.96. The molecule has 0 amide bonds. The minimum absolute atomic E-state index is 0.0166. The van der Waals surface area contributed by atoms with Crippen molar-refractivity contribution < 1.29 is 4.79 Å². The van der Waals surface area contributed by atoms with Crippen LogP contribution in [0.1, 0.15) is 0 Å². The van der Waals surface area contributed by atoms with E-state index >= 15 is 0 Å². The first-order valence-corrected chi connectivity index (χ1v) is 4.01. The molecule has 0 saturated heterocycles. The second-order valence-electron chi connectivity index (χ2n) is 1.01. The minimum atomic E-state index is -0.122. The lowest BCUT2D eigenvalue weighted by Gasteiger charge is -1.86. The van der Waals surface area contributed by atoms with Crippen LogP contribution in [0, 0.1) is 0 Å². The van der Waals surface area contributed by atoms with Gasteiger partial charge in [0.15, 0.2) is 5.78 Å². The normalized spacial score (nSPS) is 11.6. The van der Waals surface area contributed by atoms with Crippen LogP contribution in [-0.2, 0) is 4.79 Å². The van der Waals surface area contributed by atoms with Crippen LogP contribution in [0.15, 0.2) is 9.47 Å². The molecule has 0 aliphatic rings. The molecule has 0 N–H and O–H groups in total. The molecule has 0 atom stereocenters. The SMILES string of the molecule is O=C(CCl)C(Br)=CBr. The Kier molecular flexibility index (Phi) is 4.90. The average molecular weight is 262 g/mol. The molecule has 0 aromatic rings. The van der Waals surface area contributed by atoms with Gasteiger partial charge in [-0.2, -0.15) is 0 Å². The maximum atomic E-state index is 10.5. The Bertz CT molecular complexity index is 121. The molecule has 0 spiro atoms. The summed E-state index contributed by atoms with van der Waals surface area (Å²) in [5.41, 5.74) is 0. The van der Waals surface area contributed by atoms with E-state index < -0.39 is 0 Å². The fourth-order valence-electron chi connectivity index (χ4n) is 0.125. The fraction of sp³-hybridized carbons (Fsp3) is 0.250. The highest BCUT2D eigenvalue weighted by Gasteiger charge is 2.00. The highest BCUT2D eigenvalue weighted by atomic mass is 79.9. The Morgan fingerprint density at radius 2 is 2.25 bits per heavy atom. The molecule has 4 heteroatoms. The van der Waals surface area contributed by atoms with Gasteiger partial charge in [-0.3, -0.25) is 4.79 Å². The summed E-state index contributed by atoms with van der Waals surface area (Å²) in [6.45, 7) is 0. The van der Waals surface area contributed by atoms with Crippen molar-refractivity contribution in [2.24, 2.45) is 0 Å². The predicted octanol–water partition coefficient (Wildman–Crippen LogP) is 2.43. The van der Waals surface area contributed by atoms with Crippen LogP contribution in [0.25, 0.3) is 0 Å². The molecule has 0 unspecified atom stereocenters. The van der Waals surface area contributed by atoms with E-state index in [1.807, 2.05) is 0 Å². The third-order valence-corrected chi connectivity index (χ3v) is 2.47. The van der Waals surface area contributed by atoms with Gasteiger partial charge in [0.05, 0.1) is 10.4 Å². The zero-order valence-corrected chi connectivity index (χ0v) is 7.75. The number of carbonyl (C=O) groups is 1. The molecular weight excluding hydrogens is 259 g/mol. The van der Waals surface area contributed by atoms with Crippen LogP contribution < -0.4 is 0 Å². The standard InChI is InChI=1S/C4H3Br2ClO/c5-1-3(6)4(8)2-7/h1H,2H2. The highest BCUT2D eigenvalue weighted by molar-refractivity contribution is 9.14. The smallest absolute Gasteiger partial charge is 0.185 e. The van der Waals surface area contributed by atoms with Crippen molar-refractivity contribution in [3.8, 4) is 0 Å². The van der Waals surface area contributed by atoms with Crippen LogP contribution in [0.5, 0.6) is 0 Å². The van der Waals surface area contributed by atoms with Crippen LogP contribution in [-0.4, -0.2) is 11.7 Å². The summed E-state index contributed by atoms with van der Waals surface area (Å²) in [6, 6.07) is 0. The number of hydrogen-bond acceptors (Lipinski definition) is 1. The molecule has 0 saturated carbocycles. The summed E-state index contributed by atoms with van der Waals surface area (Å²) in [4.78, 5) is 11.9. The number of hydrogen-bond donors (Lipinski definition) is 0. The first-order valence-electron chi connectivity index (χ1n) is 1.77. The number of rotatable bonds is 2. The van der Waals surface area contributed by atoms with E-state index in [1.165, 1.54) is 4.99 Å². The van der Waals surface area contributed by atoms with E-state index in [4.69, 9.17) is 11.6 Å². The molecule has 8 heavy (non-hydrogen) atoms. The molecule has 0 fully saturated rings. The van der Waals surface area contributed by atoms with Gasteiger partial charge in [0.25, 0.3) is 0 Å². The molecule has 0 aliphatic carbocycles. The molecule has 0 aromatic heterocycles. The maximum absolute atomic E-state index is 10.5. The summed E-state index contributed by atoms with van der Waals surface area (Å²) in [5, 5.41) is 0. The summed E-state index contributed by atoms with van der Waals surface area (Å²) in [6.07, 6.45) is 0. The van der Waals surface area contributed by atoms with Gasteiger partial charge in [-0.15, -0.1) is 11.6 Å². The Labute approximate surface area is 69.3 Å². The van der Waals surface area contributed by atoms with E-state index in [-0.39, 0.29) is 11.7 Å². The zero-order valence-electron chi connectivity index (χ0n) is 3.83. The number of ketones is 1. The molecule has 0 heterocycles. The first-order chi connectivity index (χ1) is 3.72. The number of halogens is 3. The zero-order chi connectivity index (χ0) is 6.57. The van der Waals surface area contributed by atoms with E-state index in [9.17, 15) is 4.79 Å². The van der Waals surface area contributed by atoms with E-state index in [2.05, 4.69) is 31.9 Å². The van der Waals surface area contributed by atoms with Crippen LogP contribution in [0.3, 0.4) is 0 Å². The summed E-state index contributed by atoms with van der Waals surface area (Å²) < 4.78 is 0.465. The number of alkyl halides is 1. The van der Waals surface area contributed by atoms with Crippen molar-refractivity contribution in [1.82, 2.24) is 0 Å². The van der Waals surface area contributed by atoms with Gasteiger partial charge in [0.1, 0.15) is 0 Å². The van der Waals surface area contributed by atoms with E-state index in [1.54, 1.807) is 0 Å². The van der Waals surface area contributed by atoms with Gasteiger partial charge < -0.3 is 0 Å². The Hall–Kier alpha value is 0.660. The molecular formula is C4H3Br2ClO. The molecule has 46 valence electrons. The highest BCUT2D eigenvalue weighted by Crippen LogP contribution is 2.08. The molecule has 0 aromatic carbocycles. The number of carbonyl (C=O) groups excluding carboxylic acids is 1. The third-order valence-electron chi connectivity index (χ3n) is 0.484. The summed E-state index contributed by atoms with van der Waals surface area (Å²) in [7, 11) is 0. The monoisotopic (exact) mass is 260 g/mol. The Balaban J connectivity index is 3.83. The molecule has 0 aliphatic heterocycles. The second-order valence-corrected chi connectivity index (χ2v) is 2.59. The fourth-order valence-corrected chi connectivity index (χ4v) is 0.826. The van der Waals surface area contributed by atoms with Gasteiger partial charge in [0.2, 0.25) is 0 Å². The summed E-state index contributed by atoms with van der Waals surface area (Å²) >= 11 is 11.1. The topological polar surface area (TPSA) is 17.1 Å². The quantitative estimate of drug-likeness (QED) is 0.552. The molecule has 1 nitrogen and oxygen atoms in total. The third kappa shape index (κ3) is 2.84. The van der Waals surface area contributed by atoms with Crippen LogP contribution in [0.2, 0.25) is 0 Å². The van der Waals surface area contributed by atoms with Crippen molar-refractivity contribution in [3.63, 3.8) is 0 Å². The Morgan fingerprint density at radius 3 is 2.38 bits per heavy atom. The lowest BCUT2D eigenvalue weighted by atomic mass is 10.4. The largest absolute Gasteiger partial charge is 0.292 e. The number of Topliss-reactive ketones (excluding diaryl/α,β-unsaturated/α-hetero) is 1. The summed E-state index contributed by atoms with van der Waals surface area (Å²) in [5.74, 6) is -0.105. The maximum Gasteiger partial charge on any atom is 0.185 e. The van der Waals surface area contributed by atoms with E-state index in [0.29, 0.717) is 4.48 Å². The van der Waals surface area contributed by atoms with Crippen molar-refractivity contribution in [2.75, 3.05) is 5.88 Å². The Morgan fingerprint density at radius 1 is 1.75 bits per heavy atom. The van der Waals surface area contributed by atoms with Crippen LogP contribution >= 0.6 is 43.5 Å². The second kappa shape index (κ2) is 4.53. The van der Waals surface area contributed by atoms with E-state index in [0.717, 1.165) is 0 Å². The average Bonchev–Trinajstić information content (AvgIpc) is 1.84. The van der Waals surface area contributed by atoms with Crippen LogP contribution in [0.4, 0.5) is 0 Å². The van der Waals surface area contributed by atoms with Gasteiger partial charge in [-0.25, -0.2) is 0 Å². The van der Waals surface area contributed by atoms with Crippen molar-refractivity contribution >= 4 is 49.2 Å². The van der Waals surface area contributed by atoms with Gasteiger partial charge in [-0.1, -0.05) is 15.9 Å². The van der Waals surface area contributed by atoms with Crippen molar-refractivity contribution in [1.29, 1.82) is 0 Å². The number of allylic oxidation sites excluding steroid dienone is 1. The lowest BCUT2D eigenvalue weighted by molar-refractivity contribution is -0.112. The molecule has 0 bridgehead atoms. The van der Waals surface area contributed by atoms with Gasteiger partial charge in [-0.05, 0) is 20.9 Å². The van der Waals surface area contributed by atoms with Gasteiger partial charge >= 0.3 is 0 Å².